The van der Waals surface area contributed by atoms with E-state index in [1.807, 2.05) is 42.1 Å². The summed E-state index contributed by atoms with van der Waals surface area (Å²) in [5.74, 6) is 0. The van der Waals surface area contributed by atoms with E-state index < -0.39 is 5.60 Å². The molecule has 2 heterocycles. The smallest absolute Gasteiger partial charge is 0.314 e. The van der Waals surface area contributed by atoms with Gasteiger partial charge in [-0.15, -0.1) is 0 Å². The van der Waals surface area contributed by atoms with Gasteiger partial charge in [0.2, 0.25) is 0 Å². The first-order chi connectivity index (χ1) is 10.5. The number of nitrogens with zero attached hydrogens (tertiary/aromatic N) is 1. The number of thiophene rings is 1. The molecule has 3 N–H and O–H groups in total. The minimum atomic E-state index is -1.06. The zero-order chi connectivity index (χ0) is 16.0. The molecule has 0 fully saturated rings. The quantitative estimate of drug-likeness (QED) is 0.764. The Morgan fingerprint density at radius 2 is 2.18 bits per heavy atom. The Hall–Kier alpha value is -1.92. The molecule has 2 rings (SSSR count). The Labute approximate surface area is 134 Å². The highest BCUT2D eigenvalue weighted by Crippen LogP contribution is 2.21. The maximum Gasteiger partial charge on any atom is 0.314 e. The molecule has 0 aliphatic carbocycles. The highest BCUT2D eigenvalue weighted by molar-refractivity contribution is 7.08. The van der Waals surface area contributed by atoms with Gasteiger partial charge in [0.15, 0.2) is 0 Å². The second kappa shape index (κ2) is 7.38. The van der Waals surface area contributed by atoms with E-state index in [1.165, 1.54) is 11.3 Å². The normalized spacial score (nSPS) is 13.4. The van der Waals surface area contributed by atoms with Crippen LogP contribution >= 0.6 is 11.3 Å². The maximum atomic E-state index is 11.8. The van der Waals surface area contributed by atoms with Crippen LogP contribution in [0.3, 0.4) is 0 Å². The summed E-state index contributed by atoms with van der Waals surface area (Å²) in [6, 6.07) is 5.53. The summed E-state index contributed by atoms with van der Waals surface area (Å²) in [5.41, 5.74) is 1.81. The number of aliphatic hydroxyl groups is 1. The summed E-state index contributed by atoms with van der Waals surface area (Å²) in [6.07, 6.45) is 2.54. The van der Waals surface area contributed by atoms with Crippen molar-refractivity contribution in [2.45, 2.75) is 25.9 Å². The summed E-state index contributed by atoms with van der Waals surface area (Å²) in [7, 11) is 0. The average Bonchev–Trinajstić information content (AvgIpc) is 3.02. The highest BCUT2D eigenvalue weighted by atomic mass is 32.1. The fourth-order valence-corrected chi connectivity index (χ4v) is 2.74. The molecule has 0 aliphatic rings. The van der Waals surface area contributed by atoms with Gasteiger partial charge in [-0.3, -0.25) is 4.98 Å². The number of carbonyl (C=O) groups is 1. The van der Waals surface area contributed by atoms with Gasteiger partial charge in [0.1, 0.15) is 5.60 Å². The number of hydrogen-bond donors (Lipinski definition) is 3. The Kier molecular flexibility index (Phi) is 5.51. The topological polar surface area (TPSA) is 74.2 Å². The van der Waals surface area contributed by atoms with Crippen molar-refractivity contribution in [3.05, 3.63) is 52.0 Å². The van der Waals surface area contributed by atoms with Crippen LogP contribution in [0.5, 0.6) is 0 Å². The summed E-state index contributed by atoms with van der Waals surface area (Å²) in [6.45, 7) is 4.32. The zero-order valence-electron chi connectivity index (χ0n) is 12.8. The number of nitrogens with one attached hydrogen (secondary N) is 2. The van der Waals surface area contributed by atoms with Gasteiger partial charge >= 0.3 is 6.03 Å². The van der Waals surface area contributed by atoms with Crippen molar-refractivity contribution in [2.75, 3.05) is 13.1 Å². The lowest BCUT2D eigenvalue weighted by atomic mass is 9.99. The molecule has 5 nitrogen and oxygen atoms in total. The number of pyridine rings is 1. The van der Waals surface area contributed by atoms with Gasteiger partial charge < -0.3 is 15.7 Å². The molecular weight excluding hydrogens is 298 g/mol. The van der Waals surface area contributed by atoms with Gasteiger partial charge in [0.25, 0.3) is 0 Å². The molecule has 0 aromatic carbocycles. The van der Waals surface area contributed by atoms with Gasteiger partial charge in [0, 0.05) is 18.4 Å². The average molecular weight is 319 g/mol. The summed E-state index contributed by atoms with van der Waals surface area (Å²) in [5, 5.41) is 19.6. The van der Waals surface area contributed by atoms with Crippen LogP contribution in [0.2, 0.25) is 0 Å². The predicted molar refractivity (Wildman–Crippen MR) is 88.0 cm³/mol. The van der Waals surface area contributed by atoms with E-state index in [-0.39, 0.29) is 12.6 Å². The van der Waals surface area contributed by atoms with Crippen molar-refractivity contribution in [3.63, 3.8) is 0 Å². The second-order valence-corrected chi connectivity index (χ2v) is 6.23. The monoisotopic (exact) mass is 319 g/mol. The van der Waals surface area contributed by atoms with E-state index in [0.29, 0.717) is 6.54 Å². The largest absolute Gasteiger partial charge is 0.384 e. The van der Waals surface area contributed by atoms with Crippen LogP contribution in [0.4, 0.5) is 4.79 Å². The molecule has 0 saturated heterocycles. The minimum Gasteiger partial charge on any atom is -0.384 e. The number of rotatable bonds is 6. The van der Waals surface area contributed by atoms with Gasteiger partial charge in [-0.05, 0) is 54.3 Å². The molecule has 2 aromatic rings. The Morgan fingerprint density at radius 3 is 2.82 bits per heavy atom. The lowest BCUT2D eigenvalue weighted by Crippen LogP contribution is -2.43. The molecular formula is C16H21N3O2S. The molecule has 0 bridgehead atoms. The van der Waals surface area contributed by atoms with E-state index >= 15 is 0 Å². The number of aryl methyl sites for hydroxylation is 1. The van der Waals surface area contributed by atoms with Crippen LogP contribution in [0, 0.1) is 6.92 Å². The fourth-order valence-electron chi connectivity index (χ4n) is 1.95. The first-order valence-corrected chi connectivity index (χ1v) is 8.10. The van der Waals surface area contributed by atoms with Crippen LogP contribution < -0.4 is 10.6 Å². The number of carbonyl (C=O) groups excluding carboxylic acids is 1. The Morgan fingerprint density at radius 1 is 1.36 bits per heavy atom. The van der Waals surface area contributed by atoms with Crippen LogP contribution in [0.15, 0.2) is 35.2 Å². The molecule has 118 valence electrons. The summed E-state index contributed by atoms with van der Waals surface area (Å²) in [4.78, 5) is 16.0. The summed E-state index contributed by atoms with van der Waals surface area (Å²) >= 11 is 1.52. The van der Waals surface area contributed by atoms with Crippen molar-refractivity contribution in [1.82, 2.24) is 15.6 Å². The molecule has 0 aliphatic heterocycles. The van der Waals surface area contributed by atoms with E-state index in [1.54, 1.807) is 6.92 Å². The number of aromatic nitrogens is 1. The van der Waals surface area contributed by atoms with Crippen molar-refractivity contribution >= 4 is 17.4 Å². The van der Waals surface area contributed by atoms with Crippen molar-refractivity contribution in [1.29, 1.82) is 0 Å². The van der Waals surface area contributed by atoms with E-state index in [9.17, 15) is 9.90 Å². The summed E-state index contributed by atoms with van der Waals surface area (Å²) < 4.78 is 0. The standard InChI is InChI=1S/C16H21N3O2S/c1-12-3-4-13(9-18-12)5-7-17-15(20)19-11-16(2,21)14-6-8-22-10-14/h3-4,6,8-10,21H,5,7,11H2,1-2H3,(H2,17,19,20)/t16-/m1/s1. The third-order valence-corrected chi connectivity index (χ3v) is 4.09. The number of urea groups is 1. The first kappa shape index (κ1) is 16.5. The van der Waals surface area contributed by atoms with Crippen LogP contribution in [-0.2, 0) is 12.0 Å². The van der Waals surface area contributed by atoms with Crippen molar-refractivity contribution in [2.24, 2.45) is 0 Å². The zero-order valence-corrected chi connectivity index (χ0v) is 13.6. The van der Waals surface area contributed by atoms with Crippen molar-refractivity contribution < 1.29 is 9.90 Å². The molecule has 2 amide bonds. The molecule has 6 heteroatoms. The van der Waals surface area contributed by atoms with E-state index in [2.05, 4.69) is 15.6 Å². The molecule has 0 saturated carbocycles. The highest BCUT2D eigenvalue weighted by Gasteiger charge is 2.23. The van der Waals surface area contributed by atoms with Gasteiger partial charge in [0.05, 0.1) is 6.54 Å². The molecule has 22 heavy (non-hydrogen) atoms. The SMILES string of the molecule is Cc1ccc(CCNC(=O)NC[C@@](C)(O)c2ccsc2)cn1. The van der Waals surface area contributed by atoms with Crippen LogP contribution in [-0.4, -0.2) is 29.2 Å². The van der Waals surface area contributed by atoms with Gasteiger partial charge in [-0.1, -0.05) is 6.07 Å². The minimum absolute atomic E-state index is 0.168. The van der Waals surface area contributed by atoms with Crippen LogP contribution in [0.1, 0.15) is 23.7 Å². The van der Waals surface area contributed by atoms with Gasteiger partial charge in [-0.2, -0.15) is 11.3 Å². The third-order valence-electron chi connectivity index (χ3n) is 3.41. The lowest BCUT2D eigenvalue weighted by molar-refractivity contribution is 0.0598. The van der Waals surface area contributed by atoms with E-state index in [0.717, 1.165) is 23.2 Å². The number of hydrogen-bond acceptors (Lipinski definition) is 4. The number of amides is 2. The third kappa shape index (κ3) is 4.82. The second-order valence-electron chi connectivity index (χ2n) is 5.45. The first-order valence-electron chi connectivity index (χ1n) is 7.16. The maximum absolute atomic E-state index is 11.8. The van der Waals surface area contributed by atoms with Crippen molar-refractivity contribution in [3.8, 4) is 0 Å². The predicted octanol–water partition coefficient (Wildman–Crippen LogP) is 2.20. The molecule has 0 spiro atoms. The van der Waals surface area contributed by atoms with E-state index in [4.69, 9.17) is 0 Å². The Bertz CT molecular complexity index is 594. The molecule has 0 unspecified atom stereocenters. The molecule has 2 aromatic heterocycles. The van der Waals surface area contributed by atoms with Gasteiger partial charge in [-0.25, -0.2) is 4.79 Å². The molecule has 1 atom stereocenters. The van der Waals surface area contributed by atoms with Crippen LogP contribution in [0.25, 0.3) is 0 Å². The fraction of sp³-hybridized carbons (Fsp3) is 0.375. The lowest BCUT2D eigenvalue weighted by Gasteiger charge is -2.22. The molecule has 0 radical (unpaired) electrons. The Balaban J connectivity index is 1.71.